The molecule has 0 saturated heterocycles. The first-order valence-electron chi connectivity index (χ1n) is 10.3. The average molecular weight is 489 g/mol. The maximum Gasteiger partial charge on any atom is 0.330 e. The normalized spacial score (nSPS) is 11.4. The molecule has 5 rings (SSSR count). The Balaban J connectivity index is 1.55. The third-order valence-corrected chi connectivity index (χ3v) is 7.28. The minimum Gasteiger partial charge on any atom is -0.466 e. The van der Waals surface area contributed by atoms with Crippen LogP contribution in [0.4, 0.5) is 4.39 Å². The largest absolute Gasteiger partial charge is 0.466 e. The molecule has 0 amide bonds. The number of thiophene rings is 2. The van der Waals surface area contributed by atoms with Gasteiger partial charge < -0.3 is 9.47 Å². The predicted molar refractivity (Wildman–Crippen MR) is 135 cm³/mol. The number of ketones is 1. The highest BCUT2D eigenvalue weighted by atomic mass is 32.1. The molecule has 0 atom stereocenters. The summed E-state index contributed by atoms with van der Waals surface area (Å²) in [4.78, 5) is 25.4. The molecule has 0 aliphatic rings. The first-order valence-corrected chi connectivity index (χ1v) is 12.0. The lowest BCUT2D eigenvalue weighted by Gasteiger charge is -2.09. The van der Waals surface area contributed by atoms with Crippen LogP contribution in [0.1, 0.15) is 20.8 Å². The van der Waals surface area contributed by atoms with Crippen molar-refractivity contribution in [2.24, 2.45) is 0 Å². The van der Waals surface area contributed by atoms with Gasteiger partial charge in [-0.25, -0.2) is 9.18 Å². The van der Waals surface area contributed by atoms with Crippen LogP contribution < -0.4 is 4.74 Å². The van der Waals surface area contributed by atoms with Crippen molar-refractivity contribution in [2.45, 2.75) is 0 Å². The Morgan fingerprint density at radius 2 is 1.76 bits per heavy atom. The van der Waals surface area contributed by atoms with Gasteiger partial charge in [-0.3, -0.25) is 4.79 Å². The Hall–Kier alpha value is -3.81. The fraction of sp³-hybridized carbons (Fsp3) is 0.0370. The molecule has 168 valence electrons. The van der Waals surface area contributed by atoms with Crippen LogP contribution in [-0.2, 0) is 9.53 Å². The van der Waals surface area contributed by atoms with E-state index in [4.69, 9.17) is 4.74 Å². The first kappa shape index (κ1) is 22.0. The number of hydrogen-bond acceptors (Lipinski definition) is 6. The second-order valence-corrected chi connectivity index (χ2v) is 9.40. The number of carbonyl (C=O) groups excluding carboxylic acids is 2. The van der Waals surface area contributed by atoms with Gasteiger partial charge in [0.15, 0.2) is 5.75 Å². The second kappa shape index (κ2) is 9.21. The van der Waals surface area contributed by atoms with Crippen LogP contribution in [0.15, 0.2) is 78.2 Å². The fourth-order valence-electron chi connectivity index (χ4n) is 3.61. The topological polar surface area (TPSA) is 52.6 Å². The minimum absolute atomic E-state index is 0.168. The van der Waals surface area contributed by atoms with Crippen molar-refractivity contribution in [1.29, 1.82) is 0 Å². The smallest absolute Gasteiger partial charge is 0.330 e. The molecule has 0 N–H and O–H groups in total. The summed E-state index contributed by atoms with van der Waals surface area (Å²) in [6.45, 7) is 0. The Kier molecular flexibility index (Phi) is 5.96. The summed E-state index contributed by atoms with van der Waals surface area (Å²) in [5.74, 6) is -0.0718. The van der Waals surface area contributed by atoms with Gasteiger partial charge in [-0.15, -0.1) is 22.7 Å². The number of esters is 1. The molecule has 2 aromatic heterocycles. The molecule has 4 nitrogen and oxygen atoms in total. The van der Waals surface area contributed by atoms with Gasteiger partial charge in [0.05, 0.1) is 7.11 Å². The van der Waals surface area contributed by atoms with Gasteiger partial charge >= 0.3 is 5.97 Å². The lowest BCUT2D eigenvalue weighted by Crippen LogP contribution is -2.01. The average Bonchev–Trinajstić information content (AvgIpc) is 3.47. The highest BCUT2D eigenvalue weighted by Gasteiger charge is 2.23. The maximum atomic E-state index is 13.9. The Labute approximate surface area is 202 Å². The van der Waals surface area contributed by atoms with E-state index in [2.05, 4.69) is 4.74 Å². The van der Waals surface area contributed by atoms with Crippen molar-refractivity contribution in [3.05, 3.63) is 100 Å². The standard InChI is InChI=1S/C27H17FO4S2/c1-31-24(29)12-7-16-5-9-18(10-6-16)32-26-21-11-8-17(28)15-23(21)34-27(26)25(30)20-3-2-4-22-19(20)13-14-33-22/h2-15H,1H3/b12-7+. The molecule has 0 unspecified atom stereocenters. The first-order chi connectivity index (χ1) is 16.5. The highest BCUT2D eigenvalue weighted by molar-refractivity contribution is 7.21. The van der Waals surface area contributed by atoms with Crippen molar-refractivity contribution in [2.75, 3.05) is 7.11 Å². The molecule has 2 heterocycles. The summed E-state index contributed by atoms with van der Waals surface area (Å²) in [5, 5.41) is 3.51. The number of benzene rings is 3. The summed E-state index contributed by atoms with van der Waals surface area (Å²) in [7, 11) is 1.32. The van der Waals surface area contributed by atoms with Gasteiger partial charge in [0.1, 0.15) is 16.4 Å². The molecule has 0 spiro atoms. The van der Waals surface area contributed by atoms with E-state index in [1.807, 2.05) is 23.6 Å². The Morgan fingerprint density at radius 3 is 2.56 bits per heavy atom. The zero-order valence-electron chi connectivity index (χ0n) is 17.9. The molecule has 0 bridgehead atoms. The fourth-order valence-corrected chi connectivity index (χ4v) is 5.53. The quantitative estimate of drug-likeness (QED) is 0.141. The molecule has 7 heteroatoms. The van der Waals surface area contributed by atoms with E-state index in [9.17, 15) is 14.0 Å². The number of fused-ring (bicyclic) bond motifs is 2. The van der Waals surface area contributed by atoms with Crippen molar-refractivity contribution in [1.82, 2.24) is 0 Å². The number of ether oxygens (including phenoxy) is 2. The van der Waals surface area contributed by atoms with Crippen LogP contribution in [0.5, 0.6) is 11.5 Å². The van der Waals surface area contributed by atoms with E-state index >= 15 is 0 Å². The van der Waals surface area contributed by atoms with Gasteiger partial charge in [-0.05, 0) is 59.5 Å². The van der Waals surface area contributed by atoms with Gasteiger partial charge in [0, 0.05) is 31.8 Å². The number of carbonyl (C=O) groups is 2. The van der Waals surface area contributed by atoms with Crippen LogP contribution in [0.25, 0.3) is 26.2 Å². The molecule has 0 saturated carbocycles. The third-order valence-electron chi connectivity index (χ3n) is 5.27. The van der Waals surface area contributed by atoms with Crippen LogP contribution in [0.2, 0.25) is 0 Å². The van der Waals surface area contributed by atoms with Crippen LogP contribution in [0.3, 0.4) is 0 Å². The highest BCUT2D eigenvalue weighted by Crippen LogP contribution is 2.42. The minimum atomic E-state index is -0.443. The number of methoxy groups -OCH3 is 1. The van der Waals surface area contributed by atoms with Gasteiger partial charge in [-0.2, -0.15) is 0 Å². The van der Waals surface area contributed by atoms with E-state index in [1.165, 1.54) is 36.7 Å². The van der Waals surface area contributed by atoms with Gasteiger partial charge in [0.25, 0.3) is 0 Å². The molecule has 0 aliphatic carbocycles. The lowest BCUT2D eigenvalue weighted by atomic mass is 10.0. The van der Waals surface area contributed by atoms with Crippen molar-refractivity contribution < 1.29 is 23.5 Å². The Bertz CT molecular complexity index is 1560. The molecule has 0 fully saturated rings. The number of halogens is 1. The number of hydrogen-bond donors (Lipinski definition) is 0. The molecular formula is C27H17FO4S2. The van der Waals surface area contributed by atoms with E-state index < -0.39 is 5.97 Å². The molecule has 3 aromatic carbocycles. The molecule has 5 aromatic rings. The molecule has 0 aliphatic heterocycles. The zero-order chi connectivity index (χ0) is 23.7. The summed E-state index contributed by atoms with van der Waals surface area (Å²) in [5.41, 5.74) is 1.37. The summed E-state index contributed by atoms with van der Waals surface area (Å²) in [6.07, 6.45) is 2.97. The van der Waals surface area contributed by atoms with E-state index in [0.29, 0.717) is 32.0 Å². The van der Waals surface area contributed by atoms with Crippen molar-refractivity contribution >= 4 is 60.7 Å². The molecular weight excluding hydrogens is 471 g/mol. The zero-order valence-corrected chi connectivity index (χ0v) is 19.5. The van der Waals surface area contributed by atoms with E-state index in [0.717, 1.165) is 15.6 Å². The summed E-state index contributed by atoms with van der Waals surface area (Å²) < 4.78 is 26.4. The Morgan fingerprint density at radius 1 is 0.941 bits per heavy atom. The maximum absolute atomic E-state index is 13.9. The predicted octanol–water partition coefficient (Wildman–Crippen LogP) is 7.46. The van der Waals surface area contributed by atoms with E-state index in [1.54, 1.807) is 53.8 Å². The van der Waals surface area contributed by atoms with Crippen LogP contribution >= 0.6 is 22.7 Å². The summed E-state index contributed by atoms with van der Waals surface area (Å²) in [6, 6.07) is 19.0. The third kappa shape index (κ3) is 4.23. The summed E-state index contributed by atoms with van der Waals surface area (Å²) >= 11 is 2.79. The van der Waals surface area contributed by atoms with Gasteiger partial charge in [0.2, 0.25) is 5.78 Å². The lowest BCUT2D eigenvalue weighted by molar-refractivity contribution is -0.134. The number of rotatable bonds is 6. The van der Waals surface area contributed by atoms with Crippen molar-refractivity contribution in [3.8, 4) is 11.5 Å². The van der Waals surface area contributed by atoms with Crippen LogP contribution in [0, 0.1) is 5.82 Å². The molecule has 0 radical (unpaired) electrons. The SMILES string of the molecule is COC(=O)/C=C/c1ccc(Oc2c(C(=O)c3cccc4sccc34)sc3cc(F)ccc23)cc1. The van der Waals surface area contributed by atoms with E-state index in [-0.39, 0.29) is 11.6 Å². The van der Waals surface area contributed by atoms with Crippen molar-refractivity contribution in [3.63, 3.8) is 0 Å². The monoisotopic (exact) mass is 488 g/mol. The second-order valence-electron chi connectivity index (χ2n) is 7.40. The van der Waals surface area contributed by atoms with Crippen LogP contribution in [-0.4, -0.2) is 18.9 Å². The molecule has 34 heavy (non-hydrogen) atoms. The van der Waals surface area contributed by atoms with Gasteiger partial charge in [-0.1, -0.05) is 24.3 Å².